The third-order valence-electron chi connectivity index (χ3n) is 5.64. The first-order valence-corrected chi connectivity index (χ1v) is 10.0. The predicted octanol–water partition coefficient (Wildman–Crippen LogP) is 2.37. The average Bonchev–Trinajstić information content (AvgIpc) is 2.82. The number of carbonyl (C=O) groups excluding carboxylic acids is 1. The number of rotatable bonds is 2. The van der Waals surface area contributed by atoms with Crippen LogP contribution in [0.4, 0.5) is 0 Å². The van der Waals surface area contributed by atoms with E-state index in [2.05, 4.69) is 9.97 Å². The molecule has 0 amide bonds. The second kappa shape index (κ2) is 9.82. The molecule has 2 atom stereocenters. The van der Waals surface area contributed by atoms with Crippen molar-refractivity contribution in [1.29, 1.82) is 10.5 Å². The molecule has 1 N–H and O–H groups in total. The first-order valence-electron chi connectivity index (χ1n) is 10.0. The second-order valence-electron chi connectivity index (χ2n) is 7.57. The molecule has 31 heavy (non-hydrogen) atoms. The number of pyridine rings is 2. The maximum Gasteiger partial charge on any atom is 0.309 e. The van der Waals surface area contributed by atoms with Gasteiger partial charge in [0.25, 0.3) is 0 Å². The van der Waals surface area contributed by atoms with E-state index < -0.39 is 5.97 Å². The first-order chi connectivity index (χ1) is 14.9. The number of hydrogen-bond acceptors (Lipinski definition) is 7. The van der Waals surface area contributed by atoms with E-state index in [9.17, 15) is 9.59 Å². The lowest BCUT2D eigenvalue weighted by molar-refractivity contribution is -0.146. The molecule has 2 unspecified atom stereocenters. The Morgan fingerprint density at radius 1 is 0.935 bits per heavy atom. The van der Waals surface area contributed by atoms with Crippen LogP contribution in [0.15, 0.2) is 24.3 Å². The van der Waals surface area contributed by atoms with E-state index in [0.717, 1.165) is 35.4 Å². The van der Waals surface area contributed by atoms with Crippen LogP contribution < -0.4 is 0 Å². The number of ether oxygens (including phenoxy) is 1. The van der Waals surface area contributed by atoms with E-state index in [1.807, 2.05) is 24.3 Å². The minimum Gasteiger partial charge on any atom is -0.481 e. The van der Waals surface area contributed by atoms with Crippen LogP contribution in [0.3, 0.4) is 0 Å². The molecule has 0 fully saturated rings. The van der Waals surface area contributed by atoms with Gasteiger partial charge in [-0.2, -0.15) is 10.5 Å². The summed E-state index contributed by atoms with van der Waals surface area (Å²) in [5, 5.41) is 26.3. The molecule has 0 saturated carbocycles. The van der Waals surface area contributed by atoms with Crippen molar-refractivity contribution in [3.8, 4) is 12.1 Å². The van der Waals surface area contributed by atoms with Gasteiger partial charge >= 0.3 is 11.9 Å². The lowest BCUT2D eigenvalue weighted by Gasteiger charge is -2.21. The minimum absolute atomic E-state index is 0.0627. The number of aliphatic carboxylic acids is 1. The lowest BCUT2D eigenvalue weighted by Crippen LogP contribution is -2.24. The first kappa shape index (κ1) is 21.9. The SMILES string of the molecule is COC(=O)C1CCc2nc(C#N)ccc2C1.N#Cc1ccc2c(n1)CCC(C(=O)O)C2. The second-order valence-corrected chi connectivity index (χ2v) is 7.57. The quantitative estimate of drug-likeness (QED) is 0.734. The molecule has 2 aliphatic carbocycles. The van der Waals surface area contributed by atoms with Crippen molar-refractivity contribution in [2.24, 2.45) is 11.8 Å². The van der Waals surface area contributed by atoms with E-state index in [-0.39, 0.29) is 17.8 Å². The normalized spacial score (nSPS) is 18.7. The lowest BCUT2D eigenvalue weighted by atomic mass is 9.86. The fourth-order valence-electron chi connectivity index (χ4n) is 3.93. The summed E-state index contributed by atoms with van der Waals surface area (Å²) in [6.07, 6.45) is 3.96. The fraction of sp³-hybridized carbons (Fsp3) is 0.391. The van der Waals surface area contributed by atoms with E-state index in [1.165, 1.54) is 7.11 Å². The van der Waals surface area contributed by atoms with Crippen molar-refractivity contribution >= 4 is 11.9 Å². The van der Waals surface area contributed by atoms with Crippen molar-refractivity contribution in [3.63, 3.8) is 0 Å². The van der Waals surface area contributed by atoms with Gasteiger partial charge in [0.2, 0.25) is 0 Å². The van der Waals surface area contributed by atoms with Gasteiger partial charge in [-0.05, 0) is 61.8 Å². The Bertz CT molecular complexity index is 1080. The molecule has 158 valence electrons. The minimum atomic E-state index is -0.745. The van der Waals surface area contributed by atoms with Crippen LogP contribution >= 0.6 is 0 Å². The third-order valence-corrected chi connectivity index (χ3v) is 5.64. The third kappa shape index (κ3) is 5.23. The fourth-order valence-corrected chi connectivity index (χ4v) is 3.93. The maximum atomic E-state index is 11.4. The zero-order chi connectivity index (χ0) is 22.4. The van der Waals surface area contributed by atoms with E-state index >= 15 is 0 Å². The summed E-state index contributed by atoms with van der Waals surface area (Å²) in [7, 11) is 1.41. The number of nitriles is 2. The molecular formula is C23H22N4O4. The van der Waals surface area contributed by atoms with Crippen LogP contribution in [0, 0.1) is 34.5 Å². The number of fused-ring (bicyclic) bond motifs is 2. The van der Waals surface area contributed by atoms with Gasteiger partial charge in [0.15, 0.2) is 0 Å². The molecule has 8 heteroatoms. The van der Waals surface area contributed by atoms with Gasteiger partial charge < -0.3 is 9.84 Å². The maximum absolute atomic E-state index is 11.4. The zero-order valence-corrected chi connectivity index (χ0v) is 17.2. The summed E-state index contributed by atoms with van der Waals surface area (Å²) >= 11 is 0. The number of methoxy groups -OCH3 is 1. The number of hydrogen-bond donors (Lipinski definition) is 1. The molecule has 8 nitrogen and oxygen atoms in total. The monoisotopic (exact) mass is 418 g/mol. The summed E-state index contributed by atoms with van der Waals surface area (Å²) in [6.45, 7) is 0. The molecule has 0 radical (unpaired) electrons. The Morgan fingerprint density at radius 2 is 1.42 bits per heavy atom. The predicted molar refractivity (Wildman–Crippen MR) is 109 cm³/mol. The highest BCUT2D eigenvalue weighted by Crippen LogP contribution is 2.26. The summed E-state index contributed by atoms with van der Waals surface area (Å²) in [5.41, 5.74) is 4.69. The summed E-state index contributed by atoms with van der Waals surface area (Å²) in [4.78, 5) is 30.6. The van der Waals surface area contributed by atoms with Crippen molar-refractivity contribution in [2.45, 2.75) is 38.5 Å². The standard InChI is InChI=1S/C12H12N2O2.C11H10N2O2/c1-16-12(15)9-3-5-11-8(6-9)2-4-10(7-13)14-11;12-6-9-3-1-7-5-8(11(14)15)2-4-10(7)13-9/h2,4,9H,3,5-6H2,1H3;1,3,8H,2,4-5H2,(H,14,15). The van der Waals surface area contributed by atoms with Crippen molar-refractivity contribution in [3.05, 3.63) is 58.2 Å². The van der Waals surface area contributed by atoms with Crippen LogP contribution in [-0.2, 0) is 40.0 Å². The number of esters is 1. The Hall–Kier alpha value is -3.78. The molecule has 2 heterocycles. The van der Waals surface area contributed by atoms with E-state index in [0.29, 0.717) is 37.1 Å². The number of aryl methyl sites for hydroxylation is 2. The van der Waals surface area contributed by atoms with Gasteiger partial charge in [0, 0.05) is 11.4 Å². The molecule has 2 aromatic heterocycles. The van der Waals surface area contributed by atoms with Crippen molar-refractivity contribution < 1.29 is 19.4 Å². The molecule has 0 saturated heterocycles. The van der Waals surface area contributed by atoms with E-state index in [4.69, 9.17) is 20.4 Å². The largest absolute Gasteiger partial charge is 0.481 e. The number of nitrogens with zero attached hydrogens (tertiary/aromatic N) is 4. The highest BCUT2D eigenvalue weighted by molar-refractivity contribution is 5.73. The van der Waals surface area contributed by atoms with Gasteiger partial charge in [0.05, 0.1) is 18.9 Å². The van der Waals surface area contributed by atoms with Crippen molar-refractivity contribution in [1.82, 2.24) is 9.97 Å². The van der Waals surface area contributed by atoms with Gasteiger partial charge in [0.1, 0.15) is 23.5 Å². The molecule has 0 aromatic carbocycles. The van der Waals surface area contributed by atoms with Gasteiger partial charge in [-0.15, -0.1) is 0 Å². The molecule has 0 bridgehead atoms. The zero-order valence-electron chi connectivity index (χ0n) is 17.2. The van der Waals surface area contributed by atoms with Gasteiger partial charge in [-0.3, -0.25) is 9.59 Å². The van der Waals surface area contributed by atoms with Crippen LogP contribution in [0.2, 0.25) is 0 Å². The topological polar surface area (TPSA) is 137 Å². The molecule has 4 rings (SSSR count). The van der Waals surface area contributed by atoms with Crippen LogP contribution in [0.5, 0.6) is 0 Å². The number of carboxylic acid groups (broad SMARTS) is 1. The van der Waals surface area contributed by atoms with Crippen LogP contribution in [-0.4, -0.2) is 34.1 Å². The van der Waals surface area contributed by atoms with Crippen LogP contribution in [0.25, 0.3) is 0 Å². The van der Waals surface area contributed by atoms with E-state index in [1.54, 1.807) is 12.1 Å². The Kier molecular flexibility index (Phi) is 6.94. The summed E-state index contributed by atoms with van der Waals surface area (Å²) < 4.78 is 4.74. The van der Waals surface area contributed by atoms with Gasteiger partial charge in [-0.1, -0.05) is 12.1 Å². The smallest absolute Gasteiger partial charge is 0.309 e. The molecular weight excluding hydrogens is 396 g/mol. The summed E-state index contributed by atoms with van der Waals surface area (Å²) in [5.74, 6) is -1.26. The van der Waals surface area contributed by atoms with Gasteiger partial charge in [-0.25, -0.2) is 9.97 Å². The summed E-state index contributed by atoms with van der Waals surface area (Å²) in [6, 6.07) is 11.0. The molecule has 2 aromatic rings. The number of carbonyl (C=O) groups is 2. The Balaban J connectivity index is 0.000000176. The number of carboxylic acids is 1. The molecule has 0 aliphatic heterocycles. The molecule has 2 aliphatic rings. The Morgan fingerprint density at radius 3 is 1.87 bits per heavy atom. The number of aromatic nitrogens is 2. The molecule has 0 spiro atoms. The highest BCUT2D eigenvalue weighted by atomic mass is 16.5. The average molecular weight is 418 g/mol. The Labute approximate surface area is 180 Å². The van der Waals surface area contributed by atoms with Crippen molar-refractivity contribution in [2.75, 3.05) is 7.11 Å². The van der Waals surface area contributed by atoms with Crippen LogP contribution in [0.1, 0.15) is 46.7 Å². The highest BCUT2D eigenvalue weighted by Gasteiger charge is 2.26.